The van der Waals surface area contributed by atoms with Crippen LogP contribution in [0.3, 0.4) is 0 Å². The first-order chi connectivity index (χ1) is 11.3. The maximum absolute atomic E-state index is 12.7. The molecule has 2 rings (SSSR count). The Kier molecular flexibility index (Phi) is 7.90. The number of carbonyl (C=O) groups is 2. The number of hydrogen-bond donors (Lipinski definition) is 2. The molecular weight excluding hydrogens is 338 g/mol. The second kappa shape index (κ2) is 9.20. The zero-order valence-corrected chi connectivity index (χ0v) is 16.4. The van der Waals surface area contributed by atoms with Gasteiger partial charge in [-0.15, -0.1) is 12.4 Å². The Morgan fingerprint density at radius 3 is 2.52 bits per heavy atom. The van der Waals surface area contributed by atoms with E-state index in [-0.39, 0.29) is 42.2 Å². The molecule has 1 heterocycles. The van der Waals surface area contributed by atoms with Crippen molar-refractivity contribution >= 4 is 29.9 Å². The molecule has 0 aromatic heterocycles. The largest absolute Gasteiger partial charge is 0.336 e. The van der Waals surface area contributed by atoms with Gasteiger partial charge >= 0.3 is 0 Å². The van der Waals surface area contributed by atoms with Crippen molar-refractivity contribution in [3.05, 3.63) is 29.3 Å². The summed E-state index contributed by atoms with van der Waals surface area (Å²) in [6, 6.07) is 5.55. The van der Waals surface area contributed by atoms with Crippen LogP contribution in [0.1, 0.15) is 56.0 Å². The van der Waals surface area contributed by atoms with Crippen LogP contribution in [0.15, 0.2) is 18.2 Å². The van der Waals surface area contributed by atoms with E-state index < -0.39 is 0 Å². The molecule has 0 radical (unpaired) electrons. The highest BCUT2D eigenvalue weighted by molar-refractivity contribution is 5.97. The normalized spacial score (nSPS) is 19.6. The van der Waals surface area contributed by atoms with Crippen LogP contribution in [0.4, 0.5) is 5.69 Å². The van der Waals surface area contributed by atoms with Gasteiger partial charge in [0.15, 0.2) is 0 Å². The second-order valence-electron chi connectivity index (χ2n) is 7.01. The van der Waals surface area contributed by atoms with Crippen molar-refractivity contribution in [1.82, 2.24) is 4.90 Å². The van der Waals surface area contributed by atoms with E-state index in [1.165, 1.54) is 6.42 Å². The van der Waals surface area contributed by atoms with Crippen molar-refractivity contribution < 1.29 is 9.59 Å². The molecule has 2 amide bonds. The lowest BCUT2D eigenvalue weighted by molar-refractivity contribution is -0.119. The zero-order chi connectivity index (χ0) is 17.9. The van der Waals surface area contributed by atoms with E-state index in [9.17, 15) is 9.59 Å². The number of likely N-dealkylation sites (tertiary alicyclic amines) is 1. The molecule has 6 heteroatoms. The number of halogens is 1. The molecule has 3 atom stereocenters. The van der Waals surface area contributed by atoms with Gasteiger partial charge in [0.25, 0.3) is 5.91 Å². The Labute approximate surface area is 156 Å². The fraction of sp³-hybridized carbons (Fsp3) is 0.579. The van der Waals surface area contributed by atoms with Gasteiger partial charge in [-0.25, -0.2) is 0 Å². The van der Waals surface area contributed by atoms with Gasteiger partial charge in [0, 0.05) is 29.9 Å². The van der Waals surface area contributed by atoms with Gasteiger partial charge in [0.05, 0.1) is 5.92 Å². The molecule has 3 unspecified atom stereocenters. The predicted octanol–water partition coefficient (Wildman–Crippen LogP) is 3.35. The Bertz CT molecular complexity index is 619. The van der Waals surface area contributed by atoms with Gasteiger partial charge in [-0.3, -0.25) is 9.59 Å². The van der Waals surface area contributed by atoms with Crippen LogP contribution < -0.4 is 11.1 Å². The highest BCUT2D eigenvalue weighted by Gasteiger charge is 2.24. The molecule has 5 nitrogen and oxygen atoms in total. The lowest BCUT2D eigenvalue weighted by Crippen LogP contribution is -2.42. The smallest absolute Gasteiger partial charge is 0.254 e. The summed E-state index contributed by atoms with van der Waals surface area (Å²) in [6.45, 7) is 8.46. The van der Waals surface area contributed by atoms with Crippen molar-refractivity contribution in [2.24, 2.45) is 11.7 Å². The van der Waals surface area contributed by atoms with Gasteiger partial charge in [-0.1, -0.05) is 6.92 Å². The Morgan fingerprint density at radius 1 is 1.28 bits per heavy atom. The number of amides is 2. The zero-order valence-electron chi connectivity index (χ0n) is 15.5. The van der Waals surface area contributed by atoms with Gasteiger partial charge in [0.1, 0.15) is 0 Å². The van der Waals surface area contributed by atoms with Crippen LogP contribution in [0, 0.1) is 12.8 Å². The molecule has 0 aliphatic carbocycles. The van der Waals surface area contributed by atoms with E-state index in [1.807, 2.05) is 37.8 Å². The summed E-state index contributed by atoms with van der Waals surface area (Å²) >= 11 is 0. The third kappa shape index (κ3) is 5.19. The number of nitrogens with one attached hydrogen (secondary N) is 1. The number of benzene rings is 1. The first-order valence-electron chi connectivity index (χ1n) is 8.79. The summed E-state index contributed by atoms with van der Waals surface area (Å²) in [5.41, 5.74) is 8.07. The van der Waals surface area contributed by atoms with Gasteiger partial charge in [0.2, 0.25) is 5.91 Å². The fourth-order valence-corrected chi connectivity index (χ4v) is 2.99. The molecule has 140 valence electrons. The number of rotatable bonds is 4. The van der Waals surface area contributed by atoms with Crippen molar-refractivity contribution in [3.63, 3.8) is 0 Å². The van der Waals surface area contributed by atoms with Crippen molar-refractivity contribution in [2.45, 2.75) is 59.0 Å². The number of piperidine rings is 1. The van der Waals surface area contributed by atoms with Gasteiger partial charge in [-0.05, 0) is 63.8 Å². The molecular formula is C19H30ClN3O2. The highest BCUT2D eigenvalue weighted by Crippen LogP contribution is 2.22. The van der Waals surface area contributed by atoms with Crippen molar-refractivity contribution in [2.75, 3.05) is 11.9 Å². The van der Waals surface area contributed by atoms with Gasteiger partial charge < -0.3 is 16.0 Å². The minimum absolute atomic E-state index is 0. The summed E-state index contributed by atoms with van der Waals surface area (Å²) in [5.74, 6) is -0.288. The van der Waals surface area contributed by atoms with Crippen LogP contribution in [-0.4, -0.2) is 35.3 Å². The average Bonchev–Trinajstić information content (AvgIpc) is 2.55. The summed E-state index contributed by atoms with van der Waals surface area (Å²) in [5, 5.41) is 2.90. The molecule has 1 fully saturated rings. The summed E-state index contributed by atoms with van der Waals surface area (Å²) < 4.78 is 0. The third-order valence-electron chi connectivity index (χ3n) is 5.00. The fourth-order valence-electron chi connectivity index (χ4n) is 2.99. The minimum Gasteiger partial charge on any atom is -0.336 e. The molecule has 1 aliphatic heterocycles. The molecule has 0 bridgehead atoms. The molecule has 0 saturated carbocycles. The maximum atomic E-state index is 12.7. The predicted molar refractivity (Wildman–Crippen MR) is 104 cm³/mol. The standard InChI is InChI=1S/C19H29N3O2.ClH/c1-12-11-16(19(24)22-10-6-5-7-13(22)2)8-9-17(12)21-18(23)14(3)15(4)20;/h8-9,11,13-15H,5-7,10,20H2,1-4H3,(H,21,23);1H. The van der Waals surface area contributed by atoms with E-state index in [0.29, 0.717) is 5.56 Å². The van der Waals surface area contributed by atoms with Crippen molar-refractivity contribution in [3.8, 4) is 0 Å². The Balaban J connectivity index is 0.00000312. The first-order valence-corrected chi connectivity index (χ1v) is 8.79. The maximum Gasteiger partial charge on any atom is 0.254 e. The minimum atomic E-state index is -0.264. The monoisotopic (exact) mass is 367 g/mol. The first kappa shape index (κ1) is 21.5. The molecule has 1 aromatic carbocycles. The molecule has 3 N–H and O–H groups in total. The average molecular weight is 368 g/mol. The number of aryl methyl sites for hydroxylation is 1. The lowest BCUT2D eigenvalue weighted by Gasteiger charge is -2.33. The molecule has 1 aliphatic rings. The quantitative estimate of drug-likeness (QED) is 0.856. The van der Waals surface area contributed by atoms with Crippen LogP contribution in [0.25, 0.3) is 0 Å². The number of hydrogen-bond acceptors (Lipinski definition) is 3. The summed E-state index contributed by atoms with van der Waals surface area (Å²) in [4.78, 5) is 26.8. The highest BCUT2D eigenvalue weighted by atomic mass is 35.5. The van der Waals surface area contributed by atoms with E-state index in [2.05, 4.69) is 12.2 Å². The third-order valence-corrected chi connectivity index (χ3v) is 5.00. The van der Waals surface area contributed by atoms with E-state index in [1.54, 1.807) is 6.07 Å². The van der Waals surface area contributed by atoms with Crippen LogP contribution >= 0.6 is 12.4 Å². The second-order valence-corrected chi connectivity index (χ2v) is 7.01. The van der Waals surface area contributed by atoms with E-state index in [4.69, 9.17) is 5.73 Å². The van der Waals surface area contributed by atoms with Crippen LogP contribution in [0.2, 0.25) is 0 Å². The summed E-state index contributed by atoms with van der Waals surface area (Å²) in [6.07, 6.45) is 3.32. The Morgan fingerprint density at radius 2 is 1.96 bits per heavy atom. The summed E-state index contributed by atoms with van der Waals surface area (Å²) in [7, 11) is 0. The SMILES string of the molecule is Cc1cc(C(=O)N2CCCCC2C)ccc1NC(=O)C(C)C(C)N.Cl. The van der Waals surface area contributed by atoms with E-state index >= 15 is 0 Å². The molecule has 25 heavy (non-hydrogen) atoms. The molecule has 1 aromatic rings. The Hall–Kier alpha value is -1.59. The lowest BCUT2D eigenvalue weighted by atomic mass is 10.0. The number of nitrogens with two attached hydrogens (primary N) is 1. The van der Waals surface area contributed by atoms with Gasteiger partial charge in [-0.2, -0.15) is 0 Å². The van der Waals surface area contributed by atoms with Crippen LogP contribution in [0.5, 0.6) is 0 Å². The number of nitrogens with zero attached hydrogens (tertiary/aromatic N) is 1. The van der Waals surface area contributed by atoms with Crippen molar-refractivity contribution in [1.29, 1.82) is 0 Å². The number of carbonyl (C=O) groups excluding carboxylic acids is 2. The molecule has 0 spiro atoms. The van der Waals surface area contributed by atoms with Crippen LogP contribution in [-0.2, 0) is 4.79 Å². The topological polar surface area (TPSA) is 75.4 Å². The molecule has 1 saturated heterocycles. The number of anilines is 1. The van der Waals surface area contributed by atoms with E-state index in [0.717, 1.165) is 30.6 Å².